The number of carbonyl (C=O) groups is 1. The zero-order chi connectivity index (χ0) is 30.1. The number of allylic oxidation sites excluding steroid dienone is 2. The molecule has 0 saturated carbocycles. The second-order valence-electron chi connectivity index (χ2n) is 11.0. The van der Waals surface area contributed by atoms with Crippen LogP contribution in [0.4, 0.5) is 0 Å². The summed E-state index contributed by atoms with van der Waals surface area (Å²) in [4.78, 5) is 21.0. The fraction of sp³-hybridized carbons (Fsp3) is 0.324. The minimum absolute atomic E-state index is 0. The van der Waals surface area contributed by atoms with Crippen LogP contribution in [-0.2, 0) is 24.9 Å². The van der Waals surface area contributed by atoms with Gasteiger partial charge in [0.25, 0.3) is 0 Å². The van der Waals surface area contributed by atoms with Gasteiger partial charge in [0.05, 0.1) is 17.1 Å². The molecule has 4 rings (SSSR count). The fourth-order valence-electron chi connectivity index (χ4n) is 5.09. The summed E-state index contributed by atoms with van der Waals surface area (Å²) < 4.78 is 0. The number of aryl methyl sites for hydroxylation is 6. The van der Waals surface area contributed by atoms with Crippen LogP contribution in [0.25, 0.3) is 33.8 Å². The van der Waals surface area contributed by atoms with Gasteiger partial charge in [-0.15, -0.1) is 34.9 Å². The van der Waals surface area contributed by atoms with Crippen molar-refractivity contribution in [1.82, 2.24) is 9.97 Å². The molecule has 3 aromatic carbocycles. The second-order valence-corrected chi connectivity index (χ2v) is 11.0. The standard InChI is InChI=1S/C28H27N2.C9H16O2.Ir/c1-17-10-18(2)13-23(12-17)27-28(24-14-19(3)11-20(4)15-24)30-25(16-29-27)26-21(5)8-7-9-22(26)6;1-3-5-8(10)7-9(11)6-4-2;/h7-12,14-16H,1-6H3;7,10H,3-6H2,1-2H3;/q-1;;/b;8-7-;. The van der Waals surface area contributed by atoms with Gasteiger partial charge in [0, 0.05) is 56.5 Å². The molecule has 0 aliphatic heterocycles. The first-order valence-electron chi connectivity index (χ1n) is 14.5. The molecule has 0 bridgehead atoms. The average Bonchev–Trinajstić information content (AvgIpc) is 2.88. The number of carbonyl (C=O) groups excluding carboxylic acids is 1. The van der Waals surface area contributed by atoms with Crippen LogP contribution in [0.2, 0.25) is 0 Å². The molecule has 4 nitrogen and oxygen atoms in total. The van der Waals surface area contributed by atoms with Crippen LogP contribution < -0.4 is 0 Å². The normalized spacial score (nSPS) is 10.9. The van der Waals surface area contributed by atoms with E-state index < -0.39 is 0 Å². The molecule has 0 spiro atoms. The van der Waals surface area contributed by atoms with Crippen LogP contribution in [0.15, 0.2) is 66.6 Å². The Kier molecular flexibility index (Phi) is 13.5. The Bertz CT molecular complexity index is 1500. The van der Waals surface area contributed by atoms with Crippen LogP contribution in [0.3, 0.4) is 0 Å². The number of hydrogen-bond donors (Lipinski definition) is 1. The van der Waals surface area contributed by atoms with E-state index in [0.29, 0.717) is 12.8 Å². The van der Waals surface area contributed by atoms with E-state index in [0.717, 1.165) is 52.2 Å². The quantitative estimate of drug-likeness (QED) is 0.111. The third-order valence-corrected chi connectivity index (χ3v) is 6.74. The van der Waals surface area contributed by atoms with Gasteiger partial charge in [-0.2, -0.15) is 0 Å². The molecule has 0 saturated heterocycles. The molecule has 0 aliphatic carbocycles. The van der Waals surface area contributed by atoms with E-state index in [-0.39, 0.29) is 31.6 Å². The monoisotopic (exact) mass is 740 g/mol. The first-order chi connectivity index (χ1) is 19.5. The van der Waals surface area contributed by atoms with Gasteiger partial charge in [-0.05, 0) is 57.2 Å². The molecule has 42 heavy (non-hydrogen) atoms. The van der Waals surface area contributed by atoms with Crippen molar-refractivity contribution >= 4 is 5.78 Å². The summed E-state index contributed by atoms with van der Waals surface area (Å²) >= 11 is 0. The van der Waals surface area contributed by atoms with Crippen LogP contribution in [0.5, 0.6) is 0 Å². The largest absolute Gasteiger partial charge is 0.512 e. The van der Waals surface area contributed by atoms with Gasteiger partial charge in [-0.3, -0.25) is 9.78 Å². The van der Waals surface area contributed by atoms with Gasteiger partial charge >= 0.3 is 0 Å². The van der Waals surface area contributed by atoms with Crippen molar-refractivity contribution in [2.45, 2.75) is 81.1 Å². The van der Waals surface area contributed by atoms with Gasteiger partial charge < -0.3 is 10.1 Å². The van der Waals surface area contributed by atoms with Gasteiger partial charge in [0.2, 0.25) is 0 Å². The zero-order valence-corrected chi connectivity index (χ0v) is 28.6. The summed E-state index contributed by atoms with van der Waals surface area (Å²) in [6, 6.07) is 20.7. The van der Waals surface area contributed by atoms with E-state index in [1.807, 2.05) is 20.0 Å². The van der Waals surface area contributed by atoms with Crippen LogP contribution >= 0.6 is 0 Å². The summed E-state index contributed by atoms with van der Waals surface area (Å²) in [6.45, 7) is 16.6. The molecule has 0 fully saturated rings. The van der Waals surface area contributed by atoms with E-state index in [4.69, 9.17) is 15.1 Å². The zero-order valence-electron chi connectivity index (χ0n) is 26.2. The molecule has 1 N–H and O–H groups in total. The minimum Gasteiger partial charge on any atom is -0.512 e. The molecule has 223 valence electrons. The Labute approximate surface area is 265 Å². The SMILES string of the molecule is CCCC(=O)/C=C(\O)CCC.Cc1[c-]c(-c2ncc(-c3c(C)cccc3C)nc2-c2cc(C)cc(C)c2)cc(C)c1.[Ir]. The number of ketones is 1. The number of aliphatic hydroxyl groups excluding tert-OH is 1. The molecule has 5 heteroatoms. The number of nitrogens with zero attached hydrogens (tertiary/aromatic N) is 2. The van der Waals surface area contributed by atoms with E-state index in [1.54, 1.807) is 0 Å². The Balaban J connectivity index is 0.000000440. The number of aromatic nitrogens is 2. The Hall–Kier alpha value is -3.40. The molecule has 0 amide bonds. The number of aliphatic hydroxyl groups is 1. The summed E-state index contributed by atoms with van der Waals surface area (Å²) in [5.41, 5.74) is 13.1. The van der Waals surface area contributed by atoms with E-state index >= 15 is 0 Å². The second kappa shape index (κ2) is 16.3. The van der Waals surface area contributed by atoms with Crippen molar-refractivity contribution in [2.75, 3.05) is 0 Å². The molecule has 4 aromatic rings. The maximum Gasteiger partial charge on any atom is 0.159 e. The molecule has 1 heterocycles. The maximum absolute atomic E-state index is 10.9. The Morgan fingerprint density at radius 2 is 1.43 bits per heavy atom. The summed E-state index contributed by atoms with van der Waals surface area (Å²) in [5, 5.41) is 9.09. The predicted molar refractivity (Wildman–Crippen MR) is 171 cm³/mol. The topological polar surface area (TPSA) is 63.1 Å². The summed E-state index contributed by atoms with van der Waals surface area (Å²) in [7, 11) is 0. The van der Waals surface area contributed by atoms with E-state index in [9.17, 15) is 4.79 Å². The Morgan fingerprint density at radius 1 is 0.833 bits per heavy atom. The van der Waals surface area contributed by atoms with Crippen LogP contribution in [0, 0.1) is 47.6 Å². The average molecular weight is 740 g/mol. The van der Waals surface area contributed by atoms with Gasteiger partial charge in [-0.25, -0.2) is 0 Å². The third-order valence-electron chi connectivity index (χ3n) is 6.74. The van der Waals surface area contributed by atoms with Gasteiger partial charge in [0.1, 0.15) is 0 Å². The minimum atomic E-state index is 0. The van der Waals surface area contributed by atoms with Crippen molar-refractivity contribution in [2.24, 2.45) is 0 Å². The van der Waals surface area contributed by atoms with E-state index in [2.05, 4.69) is 96.1 Å². The van der Waals surface area contributed by atoms with E-state index in [1.165, 1.54) is 33.9 Å². The van der Waals surface area contributed by atoms with Crippen molar-refractivity contribution in [3.8, 4) is 33.8 Å². The summed E-state index contributed by atoms with van der Waals surface area (Å²) in [5.74, 6) is 0.240. The fourth-order valence-corrected chi connectivity index (χ4v) is 5.09. The molecular formula is C37H43IrN2O2-. The first kappa shape index (κ1) is 34.8. The van der Waals surface area contributed by atoms with Crippen molar-refractivity contribution in [3.63, 3.8) is 0 Å². The summed E-state index contributed by atoms with van der Waals surface area (Å²) in [6.07, 6.45) is 6.11. The molecule has 1 radical (unpaired) electrons. The molecule has 1 aromatic heterocycles. The van der Waals surface area contributed by atoms with Gasteiger partial charge in [0.15, 0.2) is 5.78 Å². The molecular weight excluding hydrogens is 697 g/mol. The van der Waals surface area contributed by atoms with Crippen molar-refractivity contribution in [1.29, 1.82) is 0 Å². The number of hydrogen-bond acceptors (Lipinski definition) is 4. The predicted octanol–water partition coefficient (Wildman–Crippen LogP) is 9.72. The molecule has 0 atom stereocenters. The number of benzene rings is 3. The van der Waals surface area contributed by atoms with Crippen molar-refractivity contribution in [3.05, 3.63) is 106 Å². The van der Waals surface area contributed by atoms with Crippen molar-refractivity contribution < 1.29 is 30.0 Å². The maximum atomic E-state index is 10.9. The smallest absolute Gasteiger partial charge is 0.159 e. The first-order valence-corrected chi connectivity index (χ1v) is 14.5. The molecule has 0 unspecified atom stereocenters. The number of rotatable bonds is 8. The van der Waals surface area contributed by atoms with Crippen LogP contribution in [-0.4, -0.2) is 20.9 Å². The van der Waals surface area contributed by atoms with Crippen LogP contribution in [0.1, 0.15) is 72.9 Å². The van der Waals surface area contributed by atoms with Gasteiger partial charge in [-0.1, -0.05) is 75.2 Å². The Morgan fingerprint density at radius 3 is 2.00 bits per heavy atom. The third kappa shape index (κ3) is 9.58. The molecule has 0 aliphatic rings.